The van der Waals surface area contributed by atoms with Crippen LogP contribution in [-0.4, -0.2) is 20.9 Å². The molecule has 2 heterocycles. The number of hydrogen-bond donors (Lipinski definition) is 2. The summed E-state index contributed by atoms with van der Waals surface area (Å²) in [5.41, 5.74) is 6.92. The van der Waals surface area contributed by atoms with Gasteiger partial charge >= 0.3 is 6.18 Å². The minimum atomic E-state index is -4.40. The fraction of sp³-hybridized carbons (Fsp3) is 0.222. The first kappa shape index (κ1) is 19.7. The summed E-state index contributed by atoms with van der Waals surface area (Å²) >= 11 is 1.09. The fourth-order valence-corrected chi connectivity index (χ4v) is 3.45. The van der Waals surface area contributed by atoms with Crippen LogP contribution in [0, 0.1) is 20.8 Å². The molecule has 6 nitrogen and oxygen atoms in total. The standard InChI is InChI=1S/C18H16F3N5OS/c1-9-8-10(2)23-17(22-9)26-25-15(27)14-11(3)24-16(28-14)12-4-6-13(7-5-12)18(19,20)21/h4-8H,1-3H3,(H,25,27)(H,22,23,26). The molecule has 0 saturated heterocycles. The summed E-state index contributed by atoms with van der Waals surface area (Å²) in [5, 5.41) is 0.457. The Hall–Kier alpha value is -3.01. The lowest BCUT2D eigenvalue weighted by atomic mass is 10.1. The molecule has 0 fully saturated rings. The Morgan fingerprint density at radius 2 is 1.61 bits per heavy atom. The number of aromatic nitrogens is 3. The van der Waals surface area contributed by atoms with E-state index in [-0.39, 0.29) is 5.95 Å². The topological polar surface area (TPSA) is 79.8 Å². The maximum absolute atomic E-state index is 12.7. The molecule has 1 amide bonds. The van der Waals surface area contributed by atoms with Gasteiger partial charge in [0.25, 0.3) is 5.91 Å². The molecule has 3 aromatic rings. The summed E-state index contributed by atoms with van der Waals surface area (Å²) in [5.74, 6) is -0.174. The quantitative estimate of drug-likeness (QED) is 0.631. The second-order valence-electron chi connectivity index (χ2n) is 6.06. The molecule has 10 heteroatoms. The third kappa shape index (κ3) is 4.45. The summed E-state index contributed by atoms with van der Waals surface area (Å²) in [4.78, 5) is 25.4. The summed E-state index contributed by atoms with van der Waals surface area (Å²) < 4.78 is 38.1. The van der Waals surface area contributed by atoms with Crippen LogP contribution in [-0.2, 0) is 6.18 Å². The van der Waals surface area contributed by atoms with Crippen molar-refractivity contribution in [2.75, 3.05) is 5.43 Å². The molecule has 0 aliphatic carbocycles. The summed E-state index contributed by atoms with van der Waals surface area (Å²) in [6.07, 6.45) is -4.40. The molecule has 2 N–H and O–H groups in total. The Bertz CT molecular complexity index is 995. The number of carbonyl (C=O) groups excluding carboxylic acids is 1. The van der Waals surface area contributed by atoms with Gasteiger partial charge in [0.2, 0.25) is 5.95 Å². The number of anilines is 1. The second kappa shape index (κ2) is 7.55. The molecule has 0 aliphatic heterocycles. The number of nitrogens with zero attached hydrogens (tertiary/aromatic N) is 3. The average Bonchev–Trinajstić information content (AvgIpc) is 3.00. The SMILES string of the molecule is Cc1cc(C)nc(NNC(=O)c2sc(-c3ccc(C(F)(F)F)cc3)nc2C)n1. The number of hydrazine groups is 1. The largest absolute Gasteiger partial charge is 0.416 e. The summed E-state index contributed by atoms with van der Waals surface area (Å²) in [6, 6.07) is 6.46. The normalized spacial score (nSPS) is 11.4. The lowest BCUT2D eigenvalue weighted by Gasteiger charge is -2.07. The van der Waals surface area contributed by atoms with Crippen LogP contribution in [0.2, 0.25) is 0 Å². The number of thiazole rings is 1. The van der Waals surface area contributed by atoms with Crippen molar-refractivity contribution in [3.63, 3.8) is 0 Å². The van der Waals surface area contributed by atoms with Crippen LogP contribution in [0.4, 0.5) is 19.1 Å². The lowest BCUT2D eigenvalue weighted by molar-refractivity contribution is -0.137. The third-order valence-electron chi connectivity index (χ3n) is 3.73. The van der Waals surface area contributed by atoms with Crippen molar-refractivity contribution in [2.24, 2.45) is 0 Å². The van der Waals surface area contributed by atoms with Crippen LogP contribution in [0.25, 0.3) is 10.6 Å². The smallest absolute Gasteiger partial charge is 0.266 e. The number of alkyl halides is 3. The fourth-order valence-electron chi connectivity index (χ4n) is 2.48. The van der Waals surface area contributed by atoms with Crippen molar-refractivity contribution in [1.82, 2.24) is 20.4 Å². The van der Waals surface area contributed by atoms with Gasteiger partial charge in [0.1, 0.15) is 9.88 Å². The molecule has 0 saturated carbocycles. The van der Waals surface area contributed by atoms with E-state index in [4.69, 9.17) is 0 Å². The van der Waals surface area contributed by atoms with Crippen molar-refractivity contribution in [3.8, 4) is 10.6 Å². The monoisotopic (exact) mass is 407 g/mol. The molecule has 0 unspecified atom stereocenters. The molecule has 0 spiro atoms. The zero-order chi connectivity index (χ0) is 20.5. The van der Waals surface area contributed by atoms with Crippen molar-refractivity contribution in [2.45, 2.75) is 26.9 Å². The number of rotatable bonds is 4. The number of amides is 1. The van der Waals surface area contributed by atoms with E-state index in [9.17, 15) is 18.0 Å². The predicted octanol–water partition coefficient (Wildman–Crippen LogP) is 4.30. The molecule has 3 rings (SSSR count). The Morgan fingerprint density at radius 1 is 1.00 bits per heavy atom. The summed E-state index contributed by atoms with van der Waals surface area (Å²) in [6.45, 7) is 5.28. The van der Waals surface area contributed by atoms with Crippen molar-refractivity contribution in [1.29, 1.82) is 0 Å². The number of benzene rings is 1. The highest BCUT2D eigenvalue weighted by Gasteiger charge is 2.30. The molecule has 1 aromatic carbocycles. The van der Waals surface area contributed by atoms with Gasteiger partial charge in [-0.3, -0.25) is 15.6 Å². The number of hydrogen-bond acceptors (Lipinski definition) is 6. The average molecular weight is 407 g/mol. The Balaban J connectivity index is 1.75. The van der Waals surface area contributed by atoms with Gasteiger partial charge in [0, 0.05) is 17.0 Å². The van der Waals surface area contributed by atoms with Crippen LogP contribution in [0.15, 0.2) is 30.3 Å². The minimum absolute atomic E-state index is 0.260. The maximum Gasteiger partial charge on any atom is 0.416 e. The zero-order valence-electron chi connectivity index (χ0n) is 15.2. The number of aryl methyl sites for hydroxylation is 3. The van der Waals surface area contributed by atoms with E-state index in [1.54, 1.807) is 13.0 Å². The van der Waals surface area contributed by atoms with E-state index in [0.29, 0.717) is 21.1 Å². The number of nitrogens with one attached hydrogen (secondary N) is 2. The molecule has 0 aliphatic rings. The van der Waals surface area contributed by atoms with Crippen molar-refractivity contribution < 1.29 is 18.0 Å². The van der Waals surface area contributed by atoms with E-state index < -0.39 is 17.6 Å². The van der Waals surface area contributed by atoms with Crippen LogP contribution in [0.1, 0.15) is 32.3 Å². The van der Waals surface area contributed by atoms with Gasteiger partial charge in [0.15, 0.2) is 0 Å². The van der Waals surface area contributed by atoms with Crippen LogP contribution in [0.3, 0.4) is 0 Å². The Labute approximate surface area is 162 Å². The van der Waals surface area contributed by atoms with Crippen LogP contribution < -0.4 is 10.9 Å². The molecule has 146 valence electrons. The van der Waals surface area contributed by atoms with Gasteiger partial charge in [-0.05, 0) is 39.0 Å². The Morgan fingerprint density at radius 3 is 2.18 bits per heavy atom. The first-order valence-corrected chi connectivity index (χ1v) is 8.99. The molecule has 0 atom stereocenters. The second-order valence-corrected chi connectivity index (χ2v) is 7.06. The van der Waals surface area contributed by atoms with Gasteiger partial charge < -0.3 is 0 Å². The van der Waals surface area contributed by atoms with Gasteiger partial charge in [-0.25, -0.2) is 15.0 Å². The van der Waals surface area contributed by atoms with E-state index in [1.165, 1.54) is 12.1 Å². The highest BCUT2D eigenvalue weighted by atomic mass is 32.1. The first-order chi connectivity index (χ1) is 13.1. The van der Waals surface area contributed by atoms with Crippen LogP contribution in [0.5, 0.6) is 0 Å². The molecule has 0 radical (unpaired) electrons. The number of carbonyl (C=O) groups is 1. The van der Waals surface area contributed by atoms with E-state index in [2.05, 4.69) is 25.8 Å². The van der Waals surface area contributed by atoms with E-state index >= 15 is 0 Å². The summed E-state index contributed by atoms with van der Waals surface area (Å²) in [7, 11) is 0. The maximum atomic E-state index is 12.7. The molecule has 0 bridgehead atoms. The highest BCUT2D eigenvalue weighted by molar-refractivity contribution is 7.17. The van der Waals surface area contributed by atoms with Crippen molar-refractivity contribution in [3.05, 3.63) is 57.9 Å². The lowest BCUT2D eigenvalue weighted by Crippen LogP contribution is -2.30. The Kier molecular flexibility index (Phi) is 5.32. The highest BCUT2D eigenvalue weighted by Crippen LogP contribution is 2.32. The van der Waals surface area contributed by atoms with E-state index in [1.807, 2.05) is 13.8 Å². The molecule has 2 aromatic heterocycles. The molecule has 28 heavy (non-hydrogen) atoms. The van der Waals surface area contributed by atoms with E-state index in [0.717, 1.165) is 34.9 Å². The third-order valence-corrected chi connectivity index (χ3v) is 4.94. The van der Waals surface area contributed by atoms with Gasteiger partial charge in [0.05, 0.1) is 11.3 Å². The predicted molar refractivity (Wildman–Crippen MR) is 99.9 cm³/mol. The minimum Gasteiger partial charge on any atom is -0.266 e. The molecular weight excluding hydrogens is 391 g/mol. The number of halogens is 3. The van der Waals surface area contributed by atoms with Gasteiger partial charge in [-0.15, -0.1) is 11.3 Å². The van der Waals surface area contributed by atoms with Gasteiger partial charge in [-0.2, -0.15) is 13.2 Å². The zero-order valence-corrected chi connectivity index (χ0v) is 16.0. The van der Waals surface area contributed by atoms with Crippen LogP contribution >= 0.6 is 11.3 Å². The molecular formula is C18H16F3N5OS. The van der Waals surface area contributed by atoms with Gasteiger partial charge in [-0.1, -0.05) is 12.1 Å². The van der Waals surface area contributed by atoms with Crippen molar-refractivity contribution >= 4 is 23.2 Å². The first-order valence-electron chi connectivity index (χ1n) is 8.17.